The molecule has 1 aliphatic heterocycles. The summed E-state index contributed by atoms with van der Waals surface area (Å²) in [5.74, 6) is 0. The van der Waals surface area contributed by atoms with Crippen molar-refractivity contribution >= 4 is 37.3 Å². The number of nitrogens with zero attached hydrogens (tertiary/aromatic N) is 1. The largest absolute Gasteiger partial charge is 0.387 e. The monoisotopic (exact) mass is 325 g/mol. The van der Waals surface area contributed by atoms with Crippen LogP contribution in [0, 0.1) is 0 Å². The molecule has 0 fully saturated rings. The summed E-state index contributed by atoms with van der Waals surface area (Å²) >= 11 is 4.44. The number of alkyl halides is 1. The molecule has 1 aliphatic rings. The molecule has 0 radical (unpaired) electrons. The number of hydrogen-bond donors (Lipinski definition) is 1. The van der Waals surface area contributed by atoms with E-state index in [4.69, 9.17) is 0 Å². The molecule has 16 heavy (non-hydrogen) atoms. The molecule has 0 bridgehead atoms. The van der Waals surface area contributed by atoms with Crippen molar-refractivity contribution in [3.8, 4) is 0 Å². The van der Waals surface area contributed by atoms with Gasteiger partial charge in [-0.3, -0.25) is 0 Å². The van der Waals surface area contributed by atoms with E-state index in [9.17, 15) is 13.5 Å². The number of aliphatic hydroxyl groups excluding tert-OH is 1. The SMILES string of the molecule is O=S1(=O)c2sccc2[C@H](O)CN1CCCBr. The highest BCUT2D eigenvalue weighted by atomic mass is 79.9. The van der Waals surface area contributed by atoms with Crippen LogP contribution in [0.1, 0.15) is 18.1 Å². The molecule has 1 aromatic heterocycles. The van der Waals surface area contributed by atoms with Gasteiger partial charge in [-0.15, -0.1) is 11.3 Å². The summed E-state index contributed by atoms with van der Waals surface area (Å²) in [6.07, 6.45) is 0.0484. The second-order valence-corrected chi connectivity index (χ2v) is 7.43. The molecule has 0 saturated carbocycles. The minimum absolute atomic E-state index is 0.166. The van der Waals surface area contributed by atoms with Gasteiger partial charge in [0, 0.05) is 24.0 Å². The lowest BCUT2D eigenvalue weighted by molar-refractivity contribution is 0.139. The van der Waals surface area contributed by atoms with E-state index in [0.717, 1.165) is 11.8 Å². The number of fused-ring (bicyclic) bond motifs is 1. The number of β-amino-alcohol motifs (C(OH)–C–C–N with tert-alkyl or cyclic N) is 1. The van der Waals surface area contributed by atoms with E-state index in [2.05, 4.69) is 15.9 Å². The van der Waals surface area contributed by atoms with Crippen molar-refractivity contribution in [2.45, 2.75) is 16.7 Å². The van der Waals surface area contributed by atoms with E-state index >= 15 is 0 Å². The van der Waals surface area contributed by atoms with Crippen LogP contribution >= 0.6 is 27.3 Å². The van der Waals surface area contributed by atoms with E-state index in [-0.39, 0.29) is 6.54 Å². The first-order valence-electron chi connectivity index (χ1n) is 4.89. The highest BCUT2D eigenvalue weighted by Gasteiger charge is 2.36. The van der Waals surface area contributed by atoms with Crippen LogP contribution in [-0.4, -0.2) is 36.2 Å². The van der Waals surface area contributed by atoms with E-state index in [1.165, 1.54) is 15.6 Å². The van der Waals surface area contributed by atoms with Crippen molar-refractivity contribution in [2.75, 3.05) is 18.4 Å². The number of sulfonamides is 1. The van der Waals surface area contributed by atoms with Gasteiger partial charge >= 0.3 is 0 Å². The molecule has 0 saturated heterocycles. The zero-order chi connectivity index (χ0) is 11.8. The lowest BCUT2D eigenvalue weighted by Gasteiger charge is -2.29. The molecule has 90 valence electrons. The first kappa shape index (κ1) is 12.5. The van der Waals surface area contributed by atoms with Gasteiger partial charge < -0.3 is 5.11 Å². The van der Waals surface area contributed by atoms with Gasteiger partial charge in [0.15, 0.2) is 0 Å². The minimum Gasteiger partial charge on any atom is -0.387 e. The number of rotatable bonds is 3. The number of halogens is 1. The highest BCUT2D eigenvalue weighted by molar-refractivity contribution is 9.09. The Kier molecular flexibility index (Phi) is 3.70. The van der Waals surface area contributed by atoms with Crippen molar-refractivity contribution in [3.05, 3.63) is 17.0 Å². The fourth-order valence-electron chi connectivity index (χ4n) is 1.72. The second kappa shape index (κ2) is 4.73. The summed E-state index contributed by atoms with van der Waals surface area (Å²) in [7, 11) is -3.37. The van der Waals surface area contributed by atoms with E-state index in [0.29, 0.717) is 16.3 Å². The molecule has 2 rings (SSSR count). The summed E-state index contributed by atoms with van der Waals surface area (Å²) in [5, 5.41) is 12.3. The average Bonchev–Trinajstić information content (AvgIpc) is 2.71. The Balaban J connectivity index is 2.34. The molecule has 1 N–H and O–H groups in total. The Hall–Kier alpha value is 0.0500. The van der Waals surface area contributed by atoms with Crippen molar-refractivity contribution < 1.29 is 13.5 Å². The van der Waals surface area contributed by atoms with Crippen LogP contribution in [-0.2, 0) is 10.0 Å². The van der Waals surface area contributed by atoms with Crippen molar-refractivity contribution in [1.82, 2.24) is 4.31 Å². The zero-order valence-corrected chi connectivity index (χ0v) is 11.7. The molecule has 0 aliphatic carbocycles. The lowest BCUT2D eigenvalue weighted by Crippen LogP contribution is -2.39. The van der Waals surface area contributed by atoms with Gasteiger partial charge in [-0.25, -0.2) is 8.42 Å². The molecular weight excluding hydrogens is 314 g/mol. The number of thiophene rings is 1. The first-order valence-corrected chi connectivity index (χ1v) is 8.33. The van der Waals surface area contributed by atoms with E-state index in [1.807, 2.05) is 0 Å². The van der Waals surface area contributed by atoms with Crippen LogP contribution in [0.5, 0.6) is 0 Å². The molecule has 7 heteroatoms. The van der Waals surface area contributed by atoms with Crippen LogP contribution in [0.3, 0.4) is 0 Å². The lowest BCUT2D eigenvalue weighted by atomic mass is 10.2. The minimum atomic E-state index is -3.37. The fraction of sp³-hybridized carbons (Fsp3) is 0.556. The summed E-state index contributed by atoms with van der Waals surface area (Å²) in [6.45, 7) is 0.612. The second-order valence-electron chi connectivity index (χ2n) is 3.58. The normalized spacial score (nSPS) is 24.2. The van der Waals surface area contributed by atoms with Gasteiger partial charge in [-0.05, 0) is 17.9 Å². The maximum absolute atomic E-state index is 12.1. The summed E-state index contributed by atoms with van der Waals surface area (Å²) in [6, 6.07) is 1.68. The molecule has 1 atom stereocenters. The molecule has 4 nitrogen and oxygen atoms in total. The van der Waals surface area contributed by atoms with Crippen molar-refractivity contribution in [1.29, 1.82) is 0 Å². The van der Waals surface area contributed by atoms with Crippen molar-refractivity contribution in [3.63, 3.8) is 0 Å². The molecule has 1 aromatic rings. The third-order valence-corrected chi connectivity index (χ3v) is 6.43. The fourth-order valence-corrected chi connectivity index (χ4v) is 5.06. The van der Waals surface area contributed by atoms with Gasteiger partial charge in [0.1, 0.15) is 4.21 Å². The standard InChI is InChI=1S/C9H12BrNO3S2/c10-3-1-4-11-6-8(12)7-2-5-15-9(7)16(11,13)14/h2,5,8,12H,1,3-4,6H2/t8-/m1/s1. The van der Waals surface area contributed by atoms with E-state index in [1.54, 1.807) is 11.4 Å². The quantitative estimate of drug-likeness (QED) is 0.858. The molecule has 0 spiro atoms. The molecule has 0 unspecified atom stereocenters. The smallest absolute Gasteiger partial charge is 0.253 e. The van der Waals surface area contributed by atoms with Crippen LogP contribution in [0.4, 0.5) is 0 Å². The Morgan fingerprint density at radius 2 is 2.38 bits per heavy atom. The first-order chi connectivity index (χ1) is 7.57. The predicted octanol–water partition coefficient (Wildman–Crippen LogP) is 1.57. The average molecular weight is 326 g/mol. The maximum atomic E-state index is 12.1. The summed E-state index contributed by atoms with van der Waals surface area (Å²) < 4.78 is 25.9. The number of hydrogen-bond acceptors (Lipinski definition) is 4. The maximum Gasteiger partial charge on any atom is 0.253 e. The van der Waals surface area contributed by atoms with Crippen LogP contribution in [0.25, 0.3) is 0 Å². The molecule has 0 amide bonds. The Bertz CT molecular complexity index is 471. The third kappa shape index (κ3) is 2.06. The van der Waals surface area contributed by atoms with E-state index < -0.39 is 16.1 Å². The van der Waals surface area contributed by atoms with Crippen LogP contribution in [0.15, 0.2) is 15.7 Å². The van der Waals surface area contributed by atoms with Gasteiger partial charge in [-0.2, -0.15) is 4.31 Å². The highest BCUT2D eigenvalue weighted by Crippen LogP contribution is 2.35. The summed E-state index contributed by atoms with van der Waals surface area (Å²) in [4.78, 5) is 0. The Morgan fingerprint density at radius 1 is 1.62 bits per heavy atom. The van der Waals surface area contributed by atoms with Crippen LogP contribution < -0.4 is 0 Å². The van der Waals surface area contributed by atoms with Gasteiger partial charge in [0.25, 0.3) is 10.0 Å². The predicted molar refractivity (Wildman–Crippen MR) is 66.4 cm³/mol. The van der Waals surface area contributed by atoms with Crippen molar-refractivity contribution in [2.24, 2.45) is 0 Å². The Morgan fingerprint density at radius 3 is 3.06 bits per heavy atom. The third-order valence-electron chi connectivity index (χ3n) is 2.51. The number of aliphatic hydroxyl groups is 1. The topological polar surface area (TPSA) is 57.6 Å². The van der Waals surface area contributed by atoms with Gasteiger partial charge in [0.05, 0.1) is 6.10 Å². The van der Waals surface area contributed by atoms with Gasteiger partial charge in [0.2, 0.25) is 0 Å². The van der Waals surface area contributed by atoms with Gasteiger partial charge in [-0.1, -0.05) is 15.9 Å². The van der Waals surface area contributed by atoms with Crippen LogP contribution in [0.2, 0.25) is 0 Å². The molecule has 0 aromatic carbocycles. The molecular formula is C9H12BrNO3S2. The Labute approximate surface area is 107 Å². The molecule has 2 heterocycles. The zero-order valence-electron chi connectivity index (χ0n) is 8.47. The summed E-state index contributed by atoms with van der Waals surface area (Å²) in [5.41, 5.74) is 0.542.